The molecule has 13 heavy (non-hydrogen) atoms. The second kappa shape index (κ2) is 3.62. The van der Waals surface area contributed by atoms with Crippen LogP contribution in [0, 0.1) is 10.1 Å². The lowest BCUT2D eigenvalue weighted by atomic mass is 10.1. The number of nitro groups is 1. The number of aldehydes is 1. The second-order valence-electron chi connectivity index (χ2n) is 2.45. The Morgan fingerprint density at radius 1 is 1.38 bits per heavy atom. The van der Waals surface area contributed by atoms with Crippen molar-refractivity contribution in [2.45, 2.75) is 0 Å². The molecule has 1 rings (SSSR count). The predicted octanol–water partition coefficient (Wildman–Crippen LogP) is 1.81. The lowest BCUT2D eigenvalue weighted by Crippen LogP contribution is -1.88. The van der Waals surface area contributed by atoms with E-state index in [1.807, 2.05) is 0 Å². The number of nitrogens with zero attached hydrogens (tertiary/aromatic N) is 1. The first-order valence-electron chi connectivity index (χ1n) is 3.54. The van der Waals surface area contributed by atoms with Gasteiger partial charge in [-0.2, -0.15) is 0 Å². The highest BCUT2D eigenvalue weighted by atomic mass is 16.6. The van der Waals surface area contributed by atoms with Crippen LogP contribution in [0.2, 0.25) is 0 Å². The minimum Gasteiger partial charge on any atom is -0.298 e. The van der Waals surface area contributed by atoms with E-state index in [-0.39, 0.29) is 5.69 Å². The quantitative estimate of drug-likeness (QED) is 0.306. The zero-order chi connectivity index (χ0) is 9.84. The maximum atomic E-state index is 10.3. The number of carbonyl (C=O) groups is 1. The molecule has 0 aliphatic heterocycles. The molecule has 0 spiro atoms. The minimum atomic E-state index is -0.493. The van der Waals surface area contributed by atoms with E-state index in [2.05, 4.69) is 6.58 Å². The number of allylic oxidation sites excluding steroid dienone is 1. The van der Waals surface area contributed by atoms with Gasteiger partial charge in [0.2, 0.25) is 0 Å². The molecule has 0 aliphatic rings. The monoisotopic (exact) mass is 177 g/mol. The highest BCUT2D eigenvalue weighted by Crippen LogP contribution is 2.15. The summed E-state index contributed by atoms with van der Waals surface area (Å²) >= 11 is 0. The Kier molecular flexibility index (Phi) is 2.54. The maximum Gasteiger partial charge on any atom is 0.269 e. The molecule has 1 aromatic rings. The first-order valence-corrected chi connectivity index (χ1v) is 3.54. The maximum absolute atomic E-state index is 10.3. The van der Waals surface area contributed by atoms with Gasteiger partial charge >= 0.3 is 0 Å². The minimum absolute atomic E-state index is 0.00227. The molecule has 4 heteroatoms. The molecule has 0 amide bonds. The van der Waals surface area contributed by atoms with E-state index in [9.17, 15) is 14.9 Å². The van der Waals surface area contributed by atoms with Crippen molar-refractivity contribution in [3.8, 4) is 0 Å². The topological polar surface area (TPSA) is 60.2 Å². The van der Waals surface area contributed by atoms with E-state index in [0.29, 0.717) is 17.4 Å². The van der Waals surface area contributed by atoms with E-state index >= 15 is 0 Å². The van der Waals surface area contributed by atoms with Gasteiger partial charge < -0.3 is 0 Å². The summed E-state index contributed by atoms with van der Waals surface area (Å²) in [5.74, 6) is 0. The number of non-ortho nitro benzene ring substituents is 1. The lowest BCUT2D eigenvalue weighted by molar-refractivity contribution is -0.384. The molecular formula is C9H7NO3. The van der Waals surface area contributed by atoms with Gasteiger partial charge in [0, 0.05) is 17.7 Å². The average Bonchev–Trinajstić information content (AvgIpc) is 2.17. The lowest BCUT2D eigenvalue weighted by Gasteiger charge is -1.96. The summed E-state index contributed by atoms with van der Waals surface area (Å²) in [6.45, 7) is 3.48. The fourth-order valence-electron chi connectivity index (χ4n) is 0.865. The van der Waals surface area contributed by atoms with Gasteiger partial charge in [-0.25, -0.2) is 0 Å². The van der Waals surface area contributed by atoms with Gasteiger partial charge in [-0.1, -0.05) is 6.58 Å². The molecule has 0 N–H and O–H groups in total. The summed E-state index contributed by atoms with van der Waals surface area (Å²) in [5, 5.41) is 10.3. The SMILES string of the molecule is C=C(C=O)c1ccc([N+](=O)[O-])cc1. The van der Waals surface area contributed by atoms with Crippen molar-refractivity contribution in [2.24, 2.45) is 0 Å². The number of hydrogen-bond donors (Lipinski definition) is 0. The molecule has 0 unspecified atom stereocenters. The van der Waals surface area contributed by atoms with E-state index in [4.69, 9.17) is 0 Å². The molecule has 0 aliphatic carbocycles. The van der Waals surface area contributed by atoms with Gasteiger partial charge in [-0.3, -0.25) is 14.9 Å². The zero-order valence-electron chi connectivity index (χ0n) is 6.77. The van der Waals surface area contributed by atoms with Crippen LogP contribution in [-0.2, 0) is 4.79 Å². The van der Waals surface area contributed by atoms with Crippen LogP contribution in [0.15, 0.2) is 30.8 Å². The Labute approximate surface area is 74.7 Å². The molecule has 66 valence electrons. The fourth-order valence-corrected chi connectivity index (χ4v) is 0.865. The van der Waals surface area contributed by atoms with E-state index in [1.54, 1.807) is 0 Å². The number of rotatable bonds is 3. The summed E-state index contributed by atoms with van der Waals surface area (Å²) in [7, 11) is 0. The Morgan fingerprint density at radius 3 is 2.31 bits per heavy atom. The van der Waals surface area contributed by atoms with Crippen LogP contribution >= 0.6 is 0 Å². The van der Waals surface area contributed by atoms with Crippen LogP contribution in [-0.4, -0.2) is 11.2 Å². The third kappa shape index (κ3) is 1.99. The molecule has 0 radical (unpaired) electrons. The molecule has 0 saturated carbocycles. The standard InChI is InChI=1S/C9H7NO3/c1-7(6-11)8-2-4-9(5-3-8)10(12)13/h2-6H,1H2. The van der Waals surface area contributed by atoms with Crippen LogP contribution < -0.4 is 0 Å². The molecule has 0 heterocycles. The van der Waals surface area contributed by atoms with Crippen molar-refractivity contribution in [3.05, 3.63) is 46.5 Å². The van der Waals surface area contributed by atoms with Crippen LogP contribution in [0.3, 0.4) is 0 Å². The Morgan fingerprint density at radius 2 is 1.92 bits per heavy atom. The smallest absolute Gasteiger partial charge is 0.269 e. The van der Waals surface area contributed by atoms with Gasteiger partial charge in [-0.05, 0) is 17.7 Å². The third-order valence-corrected chi connectivity index (χ3v) is 1.59. The van der Waals surface area contributed by atoms with Crippen molar-refractivity contribution in [1.82, 2.24) is 0 Å². The molecule has 1 aromatic carbocycles. The summed E-state index contributed by atoms with van der Waals surface area (Å²) in [6.07, 6.45) is 0.612. The molecule has 0 saturated heterocycles. The first-order chi connectivity index (χ1) is 6.15. The number of nitro benzene ring substituents is 1. The van der Waals surface area contributed by atoms with Crippen molar-refractivity contribution in [3.63, 3.8) is 0 Å². The van der Waals surface area contributed by atoms with Crippen molar-refractivity contribution in [2.75, 3.05) is 0 Å². The van der Waals surface area contributed by atoms with Crippen LogP contribution in [0.5, 0.6) is 0 Å². The Balaban J connectivity index is 3.00. The summed E-state index contributed by atoms with van der Waals surface area (Å²) in [5.41, 5.74) is 0.915. The first kappa shape index (κ1) is 9.12. The average molecular weight is 177 g/mol. The van der Waals surface area contributed by atoms with Gasteiger partial charge in [0.15, 0.2) is 0 Å². The van der Waals surface area contributed by atoms with Gasteiger partial charge in [0.25, 0.3) is 5.69 Å². The van der Waals surface area contributed by atoms with E-state index in [0.717, 1.165) is 0 Å². The second-order valence-corrected chi connectivity index (χ2v) is 2.45. The normalized spacial score (nSPS) is 9.23. The number of carbonyl (C=O) groups excluding carboxylic acids is 1. The highest BCUT2D eigenvalue weighted by Gasteiger charge is 2.04. The van der Waals surface area contributed by atoms with Crippen molar-refractivity contribution >= 4 is 17.5 Å². The molecular weight excluding hydrogens is 170 g/mol. The van der Waals surface area contributed by atoms with Gasteiger partial charge in [0.1, 0.15) is 6.29 Å². The fraction of sp³-hybridized carbons (Fsp3) is 0. The molecule has 0 bridgehead atoms. The highest BCUT2D eigenvalue weighted by molar-refractivity contribution is 6.05. The van der Waals surface area contributed by atoms with Crippen LogP contribution in [0.1, 0.15) is 5.56 Å². The Hall–Kier alpha value is -1.97. The summed E-state index contributed by atoms with van der Waals surface area (Å²) in [4.78, 5) is 20.1. The molecule has 4 nitrogen and oxygen atoms in total. The number of benzene rings is 1. The number of hydrogen-bond acceptors (Lipinski definition) is 3. The summed E-state index contributed by atoms with van der Waals surface area (Å²) < 4.78 is 0. The van der Waals surface area contributed by atoms with Crippen LogP contribution in [0.4, 0.5) is 5.69 Å². The zero-order valence-corrected chi connectivity index (χ0v) is 6.77. The largest absolute Gasteiger partial charge is 0.298 e. The molecule has 0 aromatic heterocycles. The van der Waals surface area contributed by atoms with E-state index in [1.165, 1.54) is 24.3 Å². The van der Waals surface area contributed by atoms with Crippen molar-refractivity contribution < 1.29 is 9.72 Å². The molecule has 0 fully saturated rings. The predicted molar refractivity (Wildman–Crippen MR) is 48.2 cm³/mol. The van der Waals surface area contributed by atoms with Gasteiger partial charge in [-0.15, -0.1) is 0 Å². The molecule has 0 atom stereocenters. The van der Waals surface area contributed by atoms with Crippen molar-refractivity contribution in [1.29, 1.82) is 0 Å². The third-order valence-electron chi connectivity index (χ3n) is 1.59. The van der Waals surface area contributed by atoms with Crippen LogP contribution in [0.25, 0.3) is 5.57 Å². The Bertz CT molecular complexity index is 354. The van der Waals surface area contributed by atoms with E-state index < -0.39 is 4.92 Å². The van der Waals surface area contributed by atoms with Gasteiger partial charge in [0.05, 0.1) is 4.92 Å². The summed E-state index contributed by atoms with van der Waals surface area (Å²) in [6, 6.07) is 5.66.